The van der Waals surface area contributed by atoms with Gasteiger partial charge in [0.05, 0.1) is 16.5 Å². The van der Waals surface area contributed by atoms with Crippen molar-refractivity contribution >= 4 is 21.8 Å². The highest BCUT2D eigenvalue weighted by atomic mass is 32.2. The predicted octanol–water partition coefficient (Wildman–Crippen LogP) is 2.12. The van der Waals surface area contributed by atoms with Gasteiger partial charge in [0.2, 0.25) is 10.0 Å². The molecule has 1 aliphatic carbocycles. The van der Waals surface area contributed by atoms with E-state index in [1.807, 2.05) is 6.07 Å². The first-order valence-corrected chi connectivity index (χ1v) is 8.87. The lowest BCUT2D eigenvalue weighted by atomic mass is 10.2. The number of nitriles is 1. The van der Waals surface area contributed by atoms with Crippen LogP contribution < -0.4 is 4.72 Å². The summed E-state index contributed by atoms with van der Waals surface area (Å²) in [5.74, 6) is 0. The Hall–Kier alpha value is -1.03. The lowest BCUT2D eigenvalue weighted by Gasteiger charge is -2.13. The Kier molecular flexibility index (Phi) is 4.50. The molecule has 0 radical (unpaired) electrons. The normalized spacial score (nSPS) is 23.2. The van der Waals surface area contributed by atoms with E-state index in [0.717, 1.165) is 19.3 Å². The molecular weight excluding hydrogens is 280 g/mol. The van der Waals surface area contributed by atoms with Crippen LogP contribution in [-0.4, -0.2) is 26.0 Å². The Bertz CT molecular complexity index is 593. The van der Waals surface area contributed by atoms with Gasteiger partial charge in [0, 0.05) is 11.3 Å². The minimum Gasteiger partial charge on any atom is -0.208 e. The van der Waals surface area contributed by atoms with Crippen LogP contribution in [-0.2, 0) is 10.0 Å². The largest absolute Gasteiger partial charge is 0.240 e. The van der Waals surface area contributed by atoms with E-state index in [1.54, 1.807) is 23.9 Å². The lowest BCUT2D eigenvalue weighted by Crippen LogP contribution is -2.33. The maximum Gasteiger partial charge on any atom is 0.240 e. The number of hydrogen-bond donors (Lipinski definition) is 1. The molecule has 1 aromatic carbocycles. The zero-order valence-corrected chi connectivity index (χ0v) is 12.3. The van der Waals surface area contributed by atoms with Crippen LogP contribution in [0.3, 0.4) is 0 Å². The van der Waals surface area contributed by atoms with E-state index >= 15 is 0 Å². The molecule has 0 spiro atoms. The maximum absolute atomic E-state index is 12.2. The molecule has 2 unspecified atom stereocenters. The fourth-order valence-corrected chi connectivity index (χ4v) is 4.41. The highest BCUT2D eigenvalue weighted by Crippen LogP contribution is 2.29. The molecule has 1 saturated carbocycles. The zero-order chi connectivity index (χ0) is 13.9. The molecule has 2 atom stereocenters. The Morgan fingerprint density at radius 3 is 2.84 bits per heavy atom. The topological polar surface area (TPSA) is 70.0 Å². The molecule has 0 aromatic heterocycles. The molecule has 0 aliphatic heterocycles. The Balaban J connectivity index is 2.12. The number of benzene rings is 1. The third-order valence-corrected chi connectivity index (χ3v) is 5.93. The number of hydrogen-bond acceptors (Lipinski definition) is 4. The molecule has 6 heteroatoms. The summed E-state index contributed by atoms with van der Waals surface area (Å²) in [6, 6.07) is 8.07. The summed E-state index contributed by atoms with van der Waals surface area (Å²) in [4.78, 5) is 0.166. The molecule has 0 amide bonds. The first-order chi connectivity index (χ1) is 9.05. The van der Waals surface area contributed by atoms with E-state index in [4.69, 9.17) is 5.26 Å². The van der Waals surface area contributed by atoms with Crippen molar-refractivity contribution in [2.75, 3.05) is 6.26 Å². The summed E-state index contributed by atoms with van der Waals surface area (Å²) in [5, 5.41) is 9.35. The summed E-state index contributed by atoms with van der Waals surface area (Å²) in [7, 11) is -3.52. The van der Waals surface area contributed by atoms with Crippen LogP contribution in [0.25, 0.3) is 0 Å². The average molecular weight is 296 g/mol. The van der Waals surface area contributed by atoms with E-state index in [0.29, 0.717) is 10.8 Å². The number of rotatable bonds is 4. The molecule has 0 bridgehead atoms. The van der Waals surface area contributed by atoms with Gasteiger partial charge in [-0.15, -0.1) is 0 Å². The van der Waals surface area contributed by atoms with Crippen LogP contribution in [0, 0.1) is 11.3 Å². The first-order valence-electron chi connectivity index (χ1n) is 6.10. The Morgan fingerprint density at radius 2 is 2.21 bits per heavy atom. The van der Waals surface area contributed by atoms with Crippen LogP contribution in [0.2, 0.25) is 0 Å². The van der Waals surface area contributed by atoms with E-state index in [9.17, 15) is 8.42 Å². The zero-order valence-electron chi connectivity index (χ0n) is 10.7. The monoisotopic (exact) mass is 296 g/mol. The van der Waals surface area contributed by atoms with Crippen LogP contribution in [0.4, 0.5) is 0 Å². The molecular formula is C13H16N2O2S2. The number of sulfonamides is 1. The smallest absolute Gasteiger partial charge is 0.208 e. The fraction of sp³-hybridized carbons (Fsp3) is 0.462. The number of nitrogens with one attached hydrogen (secondary N) is 1. The molecule has 0 saturated heterocycles. The standard InChI is InChI=1S/C13H16N2O2S2/c1-18-12-6-5-11(8-12)15-19(16,17)13-4-2-3-10(7-13)9-14/h2-4,7,11-12,15H,5-6,8H2,1H3. The molecule has 2 rings (SSSR count). The highest BCUT2D eigenvalue weighted by Gasteiger charge is 2.28. The summed E-state index contributed by atoms with van der Waals surface area (Å²) >= 11 is 1.79. The third kappa shape index (κ3) is 3.50. The van der Waals surface area contributed by atoms with E-state index in [1.165, 1.54) is 12.1 Å². The van der Waals surface area contributed by atoms with Gasteiger partial charge in [-0.3, -0.25) is 0 Å². The second-order valence-corrected chi connectivity index (χ2v) is 7.48. The van der Waals surface area contributed by atoms with Gasteiger partial charge >= 0.3 is 0 Å². The Labute approximate surface area is 118 Å². The van der Waals surface area contributed by atoms with Gasteiger partial charge in [-0.05, 0) is 43.7 Å². The highest BCUT2D eigenvalue weighted by molar-refractivity contribution is 7.99. The van der Waals surface area contributed by atoms with Crippen molar-refractivity contribution in [2.24, 2.45) is 0 Å². The summed E-state index contributed by atoms with van der Waals surface area (Å²) in [5.41, 5.74) is 0.358. The maximum atomic E-state index is 12.2. The van der Waals surface area contributed by atoms with Gasteiger partial charge in [0.25, 0.3) is 0 Å². The van der Waals surface area contributed by atoms with Gasteiger partial charge in [0.15, 0.2) is 0 Å². The van der Waals surface area contributed by atoms with Gasteiger partial charge in [0.1, 0.15) is 0 Å². The van der Waals surface area contributed by atoms with Crippen molar-refractivity contribution in [3.8, 4) is 6.07 Å². The molecule has 4 nitrogen and oxygen atoms in total. The predicted molar refractivity (Wildman–Crippen MR) is 76.4 cm³/mol. The van der Waals surface area contributed by atoms with Crippen LogP contribution in [0.1, 0.15) is 24.8 Å². The van der Waals surface area contributed by atoms with Crippen molar-refractivity contribution in [1.29, 1.82) is 5.26 Å². The molecule has 1 fully saturated rings. The molecule has 1 aromatic rings. The summed E-state index contributed by atoms with van der Waals surface area (Å²) < 4.78 is 27.2. The molecule has 1 aliphatic rings. The van der Waals surface area contributed by atoms with Crippen molar-refractivity contribution in [2.45, 2.75) is 35.4 Å². The number of thioether (sulfide) groups is 1. The van der Waals surface area contributed by atoms with E-state index in [-0.39, 0.29) is 10.9 Å². The van der Waals surface area contributed by atoms with Crippen molar-refractivity contribution in [3.63, 3.8) is 0 Å². The Morgan fingerprint density at radius 1 is 1.42 bits per heavy atom. The molecule has 19 heavy (non-hydrogen) atoms. The van der Waals surface area contributed by atoms with Crippen molar-refractivity contribution in [1.82, 2.24) is 4.72 Å². The lowest BCUT2D eigenvalue weighted by molar-refractivity contribution is 0.552. The van der Waals surface area contributed by atoms with Crippen LogP contribution in [0.15, 0.2) is 29.2 Å². The number of nitrogens with zero attached hydrogens (tertiary/aromatic N) is 1. The second-order valence-electron chi connectivity index (χ2n) is 4.63. The average Bonchev–Trinajstić information content (AvgIpc) is 2.85. The summed E-state index contributed by atoms with van der Waals surface area (Å²) in [6.07, 6.45) is 4.85. The quantitative estimate of drug-likeness (QED) is 0.924. The van der Waals surface area contributed by atoms with Crippen molar-refractivity contribution in [3.05, 3.63) is 29.8 Å². The van der Waals surface area contributed by atoms with Crippen molar-refractivity contribution < 1.29 is 8.42 Å². The molecule has 1 N–H and O–H groups in total. The molecule has 0 heterocycles. The summed E-state index contributed by atoms with van der Waals surface area (Å²) in [6.45, 7) is 0. The van der Waals surface area contributed by atoms with Gasteiger partial charge < -0.3 is 0 Å². The first kappa shape index (κ1) is 14.4. The minimum atomic E-state index is -3.52. The van der Waals surface area contributed by atoms with Gasteiger partial charge in [-0.25, -0.2) is 13.1 Å². The van der Waals surface area contributed by atoms with Gasteiger partial charge in [-0.1, -0.05) is 6.07 Å². The van der Waals surface area contributed by atoms with E-state index in [2.05, 4.69) is 11.0 Å². The third-order valence-electron chi connectivity index (χ3n) is 3.31. The van der Waals surface area contributed by atoms with Gasteiger partial charge in [-0.2, -0.15) is 17.0 Å². The minimum absolute atomic E-state index is 0.00759. The fourth-order valence-electron chi connectivity index (χ4n) is 2.28. The van der Waals surface area contributed by atoms with Crippen LogP contribution in [0.5, 0.6) is 0 Å². The van der Waals surface area contributed by atoms with Crippen LogP contribution >= 0.6 is 11.8 Å². The molecule has 102 valence electrons. The second kappa shape index (κ2) is 5.95. The SMILES string of the molecule is CSC1CCC(NS(=O)(=O)c2cccc(C#N)c2)C1. The van der Waals surface area contributed by atoms with E-state index < -0.39 is 10.0 Å².